The summed E-state index contributed by atoms with van der Waals surface area (Å²) in [6.07, 6.45) is 1.28. The van der Waals surface area contributed by atoms with Crippen LogP contribution in [0.3, 0.4) is 0 Å². The van der Waals surface area contributed by atoms with Crippen molar-refractivity contribution in [1.82, 2.24) is 5.32 Å². The molecule has 0 aliphatic heterocycles. The van der Waals surface area contributed by atoms with Crippen LogP contribution in [0, 0.1) is 0 Å². The highest BCUT2D eigenvalue weighted by molar-refractivity contribution is 5.93. The van der Waals surface area contributed by atoms with Gasteiger partial charge in [0.2, 0.25) is 11.8 Å². The molecule has 6 heteroatoms. The molecule has 20 heavy (non-hydrogen) atoms. The summed E-state index contributed by atoms with van der Waals surface area (Å²) in [5.74, 6) is -0.229. The molecule has 0 fully saturated rings. The van der Waals surface area contributed by atoms with Gasteiger partial charge in [0.1, 0.15) is 6.61 Å². The average Bonchev–Trinajstić information content (AvgIpc) is 2.41. The maximum absolute atomic E-state index is 11.6. The Labute approximate surface area is 118 Å². The summed E-state index contributed by atoms with van der Waals surface area (Å²) in [5, 5.41) is 8.48. The number of hydrogen-bond acceptors (Lipinski definition) is 4. The number of hydrogen-bond donors (Lipinski definition) is 3. The molecule has 0 aromatic heterocycles. The second-order valence-electron chi connectivity index (χ2n) is 4.31. The topological polar surface area (TPSA) is 79.5 Å². The molecule has 1 aromatic carbocycles. The zero-order valence-electron chi connectivity index (χ0n) is 11.9. The predicted octanol–water partition coefficient (Wildman–Crippen LogP) is 1.21. The zero-order valence-corrected chi connectivity index (χ0v) is 11.9. The molecule has 1 aromatic rings. The number of benzene rings is 1. The fraction of sp³-hybridized carbons (Fsp3) is 0.429. The van der Waals surface area contributed by atoms with Gasteiger partial charge in [-0.25, -0.2) is 0 Å². The number of carbonyl (C=O) groups is 2. The molecular formula is C14H21N3O3. The quantitative estimate of drug-likeness (QED) is 0.625. The van der Waals surface area contributed by atoms with Crippen molar-refractivity contribution in [2.45, 2.75) is 12.8 Å². The number of amides is 2. The fourth-order valence-electron chi connectivity index (χ4n) is 1.61. The van der Waals surface area contributed by atoms with Crippen LogP contribution in [0.15, 0.2) is 24.3 Å². The van der Waals surface area contributed by atoms with Crippen LogP contribution in [0.5, 0.6) is 0 Å². The van der Waals surface area contributed by atoms with Gasteiger partial charge in [-0.1, -0.05) is 0 Å². The van der Waals surface area contributed by atoms with Crippen molar-refractivity contribution in [3.05, 3.63) is 24.3 Å². The molecule has 2 amide bonds. The van der Waals surface area contributed by atoms with E-state index in [-0.39, 0.29) is 18.4 Å². The first-order valence-corrected chi connectivity index (χ1v) is 6.49. The molecule has 0 bridgehead atoms. The van der Waals surface area contributed by atoms with Crippen molar-refractivity contribution in [3.8, 4) is 0 Å². The fourth-order valence-corrected chi connectivity index (χ4v) is 1.61. The summed E-state index contributed by atoms with van der Waals surface area (Å²) in [6.45, 7) is 0.835. The molecule has 0 atom stereocenters. The van der Waals surface area contributed by atoms with Crippen molar-refractivity contribution in [2.75, 3.05) is 37.9 Å². The van der Waals surface area contributed by atoms with Gasteiger partial charge in [-0.3, -0.25) is 9.59 Å². The van der Waals surface area contributed by atoms with Gasteiger partial charge in [0.25, 0.3) is 0 Å². The van der Waals surface area contributed by atoms with Crippen LogP contribution < -0.4 is 16.0 Å². The van der Waals surface area contributed by atoms with E-state index in [1.807, 2.05) is 7.05 Å². The third kappa shape index (κ3) is 6.31. The molecule has 0 aliphatic carbocycles. The van der Waals surface area contributed by atoms with Crippen LogP contribution in [0.25, 0.3) is 0 Å². The van der Waals surface area contributed by atoms with E-state index in [4.69, 9.17) is 4.74 Å². The number of ether oxygens (including phenoxy) is 1. The normalized spacial score (nSPS) is 10.1. The number of anilines is 2. The van der Waals surface area contributed by atoms with E-state index in [9.17, 15) is 9.59 Å². The standard InChI is InChI=1S/C14H21N3O3/c1-15-9-3-4-13(18)16-11-5-7-12(8-6-11)17-14(19)10-20-2/h5-8,15H,3-4,9-10H2,1-2H3,(H,16,18)(H,17,19). The number of nitrogens with one attached hydrogen (secondary N) is 3. The molecule has 6 nitrogen and oxygen atoms in total. The second kappa shape index (κ2) is 9.06. The monoisotopic (exact) mass is 279 g/mol. The van der Waals surface area contributed by atoms with E-state index in [1.165, 1.54) is 7.11 Å². The van der Waals surface area contributed by atoms with Crippen LogP contribution in [0.4, 0.5) is 11.4 Å². The van der Waals surface area contributed by atoms with Crippen LogP contribution in [-0.2, 0) is 14.3 Å². The van der Waals surface area contributed by atoms with E-state index in [2.05, 4.69) is 16.0 Å². The van der Waals surface area contributed by atoms with Gasteiger partial charge in [0.15, 0.2) is 0 Å². The molecule has 0 aliphatic rings. The summed E-state index contributed by atoms with van der Waals surface area (Å²) in [5.41, 5.74) is 1.38. The summed E-state index contributed by atoms with van der Waals surface area (Å²) in [7, 11) is 3.32. The molecule has 1 rings (SSSR count). The lowest BCUT2D eigenvalue weighted by atomic mass is 10.2. The summed E-state index contributed by atoms with van der Waals surface area (Å²) in [4.78, 5) is 22.9. The van der Waals surface area contributed by atoms with Crippen molar-refractivity contribution in [1.29, 1.82) is 0 Å². The predicted molar refractivity (Wildman–Crippen MR) is 78.7 cm³/mol. The first kappa shape index (κ1) is 16.1. The van der Waals surface area contributed by atoms with Gasteiger partial charge < -0.3 is 20.7 Å². The number of rotatable bonds is 8. The Balaban J connectivity index is 2.42. The van der Waals surface area contributed by atoms with Gasteiger partial charge in [0.05, 0.1) is 0 Å². The molecule has 0 radical (unpaired) electrons. The SMILES string of the molecule is CNCCCC(=O)Nc1ccc(NC(=O)COC)cc1. The molecule has 110 valence electrons. The Morgan fingerprint density at radius 2 is 1.60 bits per heavy atom. The first-order chi connectivity index (χ1) is 9.65. The zero-order chi connectivity index (χ0) is 14.8. The maximum Gasteiger partial charge on any atom is 0.250 e. The van der Waals surface area contributed by atoms with Gasteiger partial charge in [-0.15, -0.1) is 0 Å². The summed E-state index contributed by atoms with van der Waals surface area (Å²) < 4.78 is 4.72. The molecule has 0 spiro atoms. The highest BCUT2D eigenvalue weighted by Crippen LogP contribution is 2.13. The van der Waals surface area contributed by atoms with E-state index >= 15 is 0 Å². The minimum Gasteiger partial charge on any atom is -0.375 e. The molecule has 0 saturated carbocycles. The Kier molecular flexibility index (Phi) is 7.31. The lowest BCUT2D eigenvalue weighted by molar-refractivity contribution is -0.119. The second-order valence-corrected chi connectivity index (χ2v) is 4.31. The third-order valence-electron chi connectivity index (χ3n) is 2.56. The van der Waals surface area contributed by atoms with E-state index in [0.717, 1.165) is 13.0 Å². The highest BCUT2D eigenvalue weighted by atomic mass is 16.5. The Morgan fingerprint density at radius 3 is 2.10 bits per heavy atom. The molecule has 0 heterocycles. The van der Waals surface area contributed by atoms with Gasteiger partial charge in [-0.2, -0.15) is 0 Å². The summed E-state index contributed by atoms with van der Waals surface area (Å²) >= 11 is 0. The Bertz CT molecular complexity index is 432. The third-order valence-corrected chi connectivity index (χ3v) is 2.56. The smallest absolute Gasteiger partial charge is 0.250 e. The lowest BCUT2D eigenvalue weighted by Gasteiger charge is -2.07. The lowest BCUT2D eigenvalue weighted by Crippen LogP contribution is -2.17. The minimum atomic E-state index is -0.212. The molecular weight excluding hydrogens is 258 g/mol. The van der Waals surface area contributed by atoms with E-state index in [1.54, 1.807) is 24.3 Å². The maximum atomic E-state index is 11.6. The Hall–Kier alpha value is -1.92. The van der Waals surface area contributed by atoms with Crippen LogP contribution in [-0.4, -0.2) is 39.1 Å². The van der Waals surface area contributed by atoms with Crippen molar-refractivity contribution >= 4 is 23.2 Å². The number of methoxy groups -OCH3 is 1. The first-order valence-electron chi connectivity index (χ1n) is 6.49. The van der Waals surface area contributed by atoms with Gasteiger partial charge >= 0.3 is 0 Å². The van der Waals surface area contributed by atoms with Crippen molar-refractivity contribution in [2.24, 2.45) is 0 Å². The van der Waals surface area contributed by atoms with E-state index < -0.39 is 0 Å². The summed E-state index contributed by atoms with van der Waals surface area (Å²) in [6, 6.07) is 6.96. The molecule has 3 N–H and O–H groups in total. The largest absolute Gasteiger partial charge is 0.375 e. The van der Waals surface area contributed by atoms with Crippen molar-refractivity contribution < 1.29 is 14.3 Å². The van der Waals surface area contributed by atoms with Gasteiger partial charge in [-0.05, 0) is 44.3 Å². The van der Waals surface area contributed by atoms with Crippen LogP contribution in [0.2, 0.25) is 0 Å². The van der Waals surface area contributed by atoms with E-state index in [0.29, 0.717) is 17.8 Å². The van der Waals surface area contributed by atoms with Crippen molar-refractivity contribution in [3.63, 3.8) is 0 Å². The van der Waals surface area contributed by atoms with Crippen LogP contribution >= 0.6 is 0 Å². The average molecular weight is 279 g/mol. The molecule has 0 saturated heterocycles. The van der Waals surface area contributed by atoms with Crippen LogP contribution in [0.1, 0.15) is 12.8 Å². The minimum absolute atomic E-state index is 0.0172. The highest BCUT2D eigenvalue weighted by Gasteiger charge is 2.03. The van der Waals surface area contributed by atoms with Gasteiger partial charge in [0, 0.05) is 24.9 Å². The number of carbonyl (C=O) groups excluding carboxylic acids is 2. The molecule has 0 unspecified atom stereocenters. The Morgan fingerprint density at radius 1 is 1.05 bits per heavy atom.